The second-order valence-electron chi connectivity index (χ2n) is 11.0. The zero-order valence-corrected chi connectivity index (χ0v) is 22.9. The summed E-state index contributed by atoms with van der Waals surface area (Å²) in [6.45, 7) is 4.48. The average molecular weight is 515 g/mol. The molecule has 0 atom stereocenters. The van der Waals surface area contributed by atoms with Crippen LogP contribution in [0.4, 0.5) is 0 Å². The summed E-state index contributed by atoms with van der Waals surface area (Å²) in [6, 6.07) is 40.1. The zero-order valence-electron chi connectivity index (χ0n) is 22.9. The molecule has 0 saturated carbocycles. The molecule has 0 fully saturated rings. The van der Waals surface area contributed by atoms with Crippen molar-refractivity contribution in [3.63, 3.8) is 0 Å². The number of aromatic nitrogens is 2. The fourth-order valence-corrected chi connectivity index (χ4v) is 6.84. The zero-order chi connectivity index (χ0) is 26.8. The fraction of sp³-hybridized carbons (Fsp3) is 0.105. The highest BCUT2D eigenvalue weighted by molar-refractivity contribution is 6.09. The van der Waals surface area contributed by atoms with Gasteiger partial charge in [0.1, 0.15) is 0 Å². The summed E-state index contributed by atoms with van der Waals surface area (Å²) in [6.07, 6.45) is 6.83. The Bertz CT molecular complexity index is 2080. The van der Waals surface area contributed by atoms with Gasteiger partial charge in [0.05, 0.1) is 16.6 Å². The van der Waals surface area contributed by atoms with E-state index in [-0.39, 0.29) is 0 Å². The number of benzene rings is 5. The topological polar surface area (TPSA) is 9.86 Å². The van der Waals surface area contributed by atoms with Gasteiger partial charge in [-0.3, -0.25) is 0 Å². The van der Waals surface area contributed by atoms with E-state index in [1.807, 2.05) is 0 Å². The maximum atomic E-state index is 2.44. The number of aryl methyl sites for hydroxylation is 3. The number of nitrogens with zero attached hydrogens (tertiary/aromatic N) is 2. The highest BCUT2D eigenvalue weighted by Gasteiger charge is 2.19. The third kappa shape index (κ3) is 3.36. The standard InChI is InChI=1S/C38H30N2/c1-25-23-27(39-35-15-7-3-11-31(35)32-12-4-8-16-36(32)39)19-21-29(25)30-22-20-28(24-26(30)2)40-37-17-9-5-13-33(37)34-14-6-10-18-38(34)40/h3-5,7-13,15-24H,6,14H2,1-2H3. The Hall–Kier alpha value is -4.82. The minimum atomic E-state index is 1.11. The monoisotopic (exact) mass is 514 g/mol. The fourth-order valence-electron chi connectivity index (χ4n) is 6.84. The number of allylic oxidation sites excluding steroid dienone is 1. The molecular formula is C38H30N2. The lowest BCUT2D eigenvalue weighted by Gasteiger charge is -2.16. The molecule has 2 heterocycles. The second-order valence-corrected chi connectivity index (χ2v) is 11.0. The highest BCUT2D eigenvalue weighted by atomic mass is 15.0. The maximum Gasteiger partial charge on any atom is 0.0541 e. The Morgan fingerprint density at radius 3 is 1.60 bits per heavy atom. The lowest BCUT2D eigenvalue weighted by Crippen LogP contribution is -2.01. The molecule has 0 unspecified atom stereocenters. The minimum absolute atomic E-state index is 1.11. The van der Waals surface area contributed by atoms with Gasteiger partial charge in [-0.1, -0.05) is 72.8 Å². The SMILES string of the molecule is Cc1cc(-n2c3c(c4ccccc42)CCC=C3)ccc1-c1ccc(-n2c3ccccc3c3ccccc32)cc1C. The van der Waals surface area contributed by atoms with Crippen LogP contribution in [0.25, 0.3) is 61.3 Å². The van der Waals surface area contributed by atoms with Crippen LogP contribution in [0.5, 0.6) is 0 Å². The Morgan fingerprint density at radius 1 is 0.525 bits per heavy atom. The first-order chi connectivity index (χ1) is 19.7. The van der Waals surface area contributed by atoms with Gasteiger partial charge >= 0.3 is 0 Å². The van der Waals surface area contributed by atoms with Crippen molar-refractivity contribution in [1.29, 1.82) is 0 Å². The summed E-state index contributed by atoms with van der Waals surface area (Å²) in [5, 5.41) is 3.96. The lowest BCUT2D eigenvalue weighted by molar-refractivity contribution is 0.967. The van der Waals surface area contributed by atoms with Crippen LogP contribution in [0.1, 0.15) is 28.8 Å². The first kappa shape index (κ1) is 23.1. The van der Waals surface area contributed by atoms with Crippen molar-refractivity contribution in [3.8, 4) is 22.5 Å². The molecule has 0 saturated heterocycles. The summed E-state index contributed by atoms with van der Waals surface area (Å²) in [4.78, 5) is 0. The van der Waals surface area contributed by atoms with E-state index in [0.29, 0.717) is 0 Å². The molecule has 2 nitrogen and oxygen atoms in total. The number of para-hydroxylation sites is 3. The molecule has 8 rings (SSSR count). The van der Waals surface area contributed by atoms with Crippen LogP contribution in [-0.4, -0.2) is 9.13 Å². The largest absolute Gasteiger partial charge is 0.310 e. The van der Waals surface area contributed by atoms with Crippen LogP contribution in [0.2, 0.25) is 0 Å². The molecular weight excluding hydrogens is 484 g/mol. The van der Waals surface area contributed by atoms with Gasteiger partial charge in [0.2, 0.25) is 0 Å². The summed E-state index contributed by atoms with van der Waals surface area (Å²) < 4.78 is 4.83. The summed E-state index contributed by atoms with van der Waals surface area (Å²) in [5.41, 5.74) is 14.1. The van der Waals surface area contributed by atoms with Crippen molar-refractivity contribution in [2.45, 2.75) is 26.7 Å². The molecule has 0 radical (unpaired) electrons. The van der Waals surface area contributed by atoms with Gasteiger partial charge in [-0.05, 0) is 103 Å². The van der Waals surface area contributed by atoms with Crippen LogP contribution in [0.15, 0.2) is 115 Å². The van der Waals surface area contributed by atoms with Crippen molar-refractivity contribution in [2.75, 3.05) is 0 Å². The van der Waals surface area contributed by atoms with E-state index in [9.17, 15) is 0 Å². The molecule has 40 heavy (non-hydrogen) atoms. The van der Waals surface area contributed by atoms with E-state index in [1.54, 1.807) is 0 Å². The number of rotatable bonds is 3. The van der Waals surface area contributed by atoms with E-state index >= 15 is 0 Å². The quantitative estimate of drug-likeness (QED) is 0.222. The number of hydrogen-bond acceptors (Lipinski definition) is 0. The predicted octanol–water partition coefficient (Wildman–Crippen LogP) is 9.97. The first-order valence-electron chi connectivity index (χ1n) is 14.2. The number of hydrogen-bond donors (Lipinski definition) is 0. The van der Waals surface area contributed by atoms with Gasteiger partial charge < -0.3 is 9.13 Å². The molecule has 0 N–H and O–H groups in total. The van der Waals surface area contributed by atoms with E-state index in [1.165, 1.54) is 77.6 Å². The van der Waals surface area contributed by atoms with Crippen LogP contribution in [0.3, 0.4) is 0 Å². The van der Waals surface area contributed by atoms with Crippen LogP contribution >= 0.6 is 0 Å². The first-order valence-corrected chi connectivity index (χ1v) is 14.2. The van der Waals surface area contributed by atoms with Crippen molar-refractivity contribution < 1.29 is 0 Å². The smallest absolute Gasteiger partial charge is 0.0541 e. The summed E-state index contributed by atoms with van der Waals surface area (Å²) in [7, 11) is 0. The van der Waals surface area contributed by atoms with E-state index < -0.39 is 0 Å². The highest BCUT2D eigenvalue weighted by Crippen LogP contribution is 2.37. The molecule has 1 aliphatic carbocycles. The molecule has 0 bridgehead atoms. The van der Waals surface area contributed by atoms with Crippen molar-refractivity contribution in [2.24, 2.45) is 0 Å². The third-order valence-electron chi connectivity index (χ3n) is 8.66. The van der Waals surface area contributed by atoms with Crippen LogP contribution in [-0.2, 0) is 6.42 Å². The van der Waals surface area contributed by atoms with Crippen molar-refractivity contribution in [3.05, 3.63) is 138 Å². The van der Waals surface area contributed by atoms with E-state index in [0.717, 1.165) is 12.8 Å². The molecule has 2 aromatic heterocycles. The Balaban J connectivity index is 1.24. The maximum absolute atomic E-state index is 2.44. The molecule has 1 aliphatic rings. The van der Waals surface area contributed by atoms with Gasteiger partial charge in [0, 0.05) is 33.2 Å². The van der Waals surface area contributed by atoms with Gasteiger partial charge in [-0.25, -0.2) is 0 Å². The van der Waals surface area contributed by atoms with Crippen molar-refractivity contribution >= 4 is 38.8 Å². The Morgan fingerprint density at radius 2 is 1.02 bits per heavy atom. The van der Waals surface area contributed by atoms with Crippen LogP contribution < -0.4 is 0 Å². The second kappa shape index (κ2) is 8.86. The van der Waals surface area contributed by atoms with E-state index in [4.69, 9.17) is 0 Å². The van der Waals surface area contributed by atoms with Gasteiger partial charge in [0.15, 0.2) is 0 Å². The normalized spacial score (nSPS) is 12.9. The third-order valence-corrected chi connectivity index (χ3v) is 8.66. The lowest BCUT2D eigenvalue weighted by atomic mass is 9.95. The molecule has 5 aromatic carbocycles. The molecule has 7 aromatic rings. The summed E-state index contributed by atoms with van der Waals surface area (Å²) >= 11 is 0. The van der Waals surface area contributed by atoms with Crippen molar-refractivity contribution in [1.82, 2.24) is 9.13 Å². The van der Waals surface area contributed by atoms with Gasteiger partial charge in [0.25, 0.3) is 0 Å². The van der Waals surface area contributed by atoms with E-state index in [2.05, 4.69) is 144 Å². The van der Waals surface area contributed by atoms with Crippen LogP contribution in [0, 0.1) is 13.8 Å². The molecule has 2 heteroatoms. The average Bonchev–Trinajstić information content (AvgIpc) is 3.51. The minimum Gasteiger partial charge on any atom is -0.310 e. The molecule has 0 aliphatic heterocycles. The molecule has 0 spiro atoms. The molecule has 192 valence electrons. The Labute approximate surface area is 234 Å². The molecule has 0 amide bonds. The summed E-state index contributed by atoms with van der Waals surface area (Å²) in [5.74, 6) is 0. The number of fused-ring (bicyclic) bond motifs is 6. The Kier molecular flexibility index (Phi) is 5.12. The van der Waals surface area contributed by atoms with Gasteiger partial charge in [-0.2, -0.15) is 0 Å². The predicted molar refractivity (Wildman–Crippen MR) is 170 cm³/mol. The van der Waals surface area contributed by atoms with Gasteiger partial charge in [-0.15, -0.1) is 0 Å².